The summed E-state index contributed by atoms with van der Waals surface area (Å²) in [6.07, 6.45) is 1.73. The molecule has 138 valence electrons. The van der Waals surface area contributed by atoms with Crippen LogP contribution in [0, 0.1) is 5.92 Å². The predicted octanol–water partition coefficient (Wildman–Crippen LogP) is 0.717. The average Bonchev–Trinajstić information content (AvgIpc) is 3.36. The van der Waals surface area contributed by atoms with Crippen molar-refractivity contribution in [2.45, 2.75) is 51.9 Å². The van der Waals surface area contributed by atoms with Crippen molar-refractivity contribution >= 4 is 29.5 Å². The minimum atomic E-state index is -0.858. The molecule has 1 fully saturated rings. The van der Waals surface area contributed by atoms with Crippen LogP contribution in [0.25, 0.3) is 0 Å². The fourth-order valence-corrected chi connectivity index (χ4v) is 2.49. The average molecular weight is 360 g/mol. The van der Waals surface area contributed by atoms with E-state index in [1.165, 1.54) is 0 Å². The van der Waals surface area contributed by atoms with Crippen LogP contribution in [0.2, 0.25) is 0 Å². The van der Waals surface area contributed by atoms with Gasteiger partial charge in [-0.3, -0.25) is 9.59 Å². The molecule has 1 rings (SSSR count). The van der Waals surface area contributed by atoms with Crippen molar-refractivity contribution in [1.29, 1.82) is 0 Å². The molecule has 7 nitrogen and oxygen atoms in total. The van der Waals surface area contributed by atoms with Gasteiger partial charge in [0.05, 0.1) is 6.61 Å². The number of epoxide rings is 1. The first-order valence-corrected chi connectivity index (χ1v) is 9.73. The first-order chi connectivity index (χ1) is 11.4. The van der Waals surface area contributed by atoms with E-state index in [1.54, 1.807) is 18.7 Å². The molecule has 4 atom stereocenters. The molecule has 1 aliphatic heterocycles. The maximum atomic E-state index is 12.3. The number of carbonyl (C=O) groups is 3. The summed E-state index contributed by atoms with van der Waals surface area (Å²) in [6.45, 7) is 6.62. The van der Waals surface area contributed by atoms with Gasteiger partial charge in [0, 0.05) is 6.54 Å². The Balaban J connectivity index is 2.51. The largest absolute Gasteiger partial charge is 0.464 e. The molecule has 2 amide bonds. The summed E-state index contributed by atoms with van der Waals surface area (Å²) in [5.74, 6) is -0.0663. The molecule has 0 aromatic carbocycles. The lowest BCUT2D eigenvalue weighted by atomic mass is 10.1. The molecule has 0 spiro atoms. The third-order valence-electron chi connectivity index (χ3n) is 3.83. The molecule has 1 aliphatic rings. The number of thioether (sulfide) groups is 1. The van der Waals surface area contributed by atoms with E-state index in [0.29, 0.717) is 18.9 Å². The summed E-state index contributed by atoms with van der Waals surface area (Å²) >= 11 is 1.60. The molecule has 1 heterocycles. The molecule has 8 heteroatoms. The minimum Gasteiger partial charge on any atom is -0.464 e. The monoisotopic (exact) mass is 360 g/mol. The van der Waals surface area contributed by atoms with Gasteiger partial charge in [-0.05, 0) is 31.3 Å². The van der Waals surface area contributed by atoms with E-state index in [0.717, 1.165) is 12.2 Å². The molecule has 1 unspecified atom stereocenters. The van der Waals surface area contributed by atoms with Gasteiger partial charge >= 0.3 is 5.97 Å². The Morgan fingerprint density at radius 3 is 2.54 bits per heavy atom. The molecule has 0 aromatic heterocycles. The summed E-state index contributed by atoms with van der Waals surface area (Å²) in [6, 6.07) is -0.624. The van der Waals surface area contributed by atoms with Crippen LogP contribution in [-0.2, 0) is 23.9 Å². The summed E-state index contributed by atoms with van der Waals surface area (Å²) in [4.78, 5) is 36.0. The van der Waals surface area contributed by atoms with E-state index in [4.69, 9.17) is 9.47 Å². The van der Waals surface area contributed by atoms with Crippen LogP contribution in [0.5, 0.6) is 0 Å². The van der Waals surface area contributed by atoms with Crippen molar-refractivity contribution in [3.8, 4) is 0 Å². The van der Waals surface area contributed by atoms with Crippen molar-refractivity contribution in [2.75, 3.05) is 25.2 Å². The first-order valence-electron chi connectivity index (χ1n) is 8.33. The van der Waals surface area contributed by atoms with Gasteiger partial charge in [-0.1, -0.05) is 20.3 Å². The van der Waals surface area contributed by atoms with Crippen LogP contribution < -0.4 is 10.6 Å². The van der Waals surface area contributed by atoms with Crippen LogP contribution >= 0.6 is 11.8 Å². The second kappa shape index (κ2) is 10.6. The fourth-order valence-electron chi connectivity index (χ4n) is 2.02. The van der Waals surface area contributed by atoms with Gasteiger partial charge in [-0.25, -0.2) is 4.79 Å². The second-order valence-electron chi connectivity index (χ2n) is 5.83. The molecule has 0 radical (unpaired) electrons. The van der Waals surface area contributed by atoms with Gasteiger partial charge in [0.15, 0.2) is 12.2 Å². The Kier molecular flexibility index (Phi) is 9.13. The number of ether oxygens (including phenoxy) is 2. The van der Waals surface area contributed by atoms with Crippen molar-refractivity contribution in [2.24, 2.45) is 5.92 Å². The Bertz CT molecular complexity index is 446. The highest BCUT2D eigenvalue weighted by atomic mass is 32.2. The number of hydrogen-bond acceptors (Lipinski definition) is 6. The SMILES string of the molecule is CCOC(=O)[C@H]1O[C@@H]1C(=O)N[C@@H](CCSC)C(=O)NCC(C)CC. The minimum absolute atomic E-state index is 0.203. The first kappa shape index (κ1) is 20.8. The Morgan fingerprint density at radius 2 is 1.96 bits per heavy atom. The lowest BCUT2D eigenvalue weighted by molar-refractivity contribution is -0.144. The van der Waals surface area contributed by atoms with Crippen LogP contribution in [0.4, 0.5) is 0 Å². The van der Waals surface area contributed by atoms with Gasteiger partial charge in [0.25, 0.3) is 5.91 Å². The van der Waals surface area contributed by atoms with Crippen molar-refractivity contribution in [1.82, 2.24) is 10.6 Å². The van der Waals surface area contributed by atoms with Crippen LogP contribution in [0.1, 0.15) is 33.6 Å². The molecular weight excluding hydrogens is 332 g/mol. The van der Waals surface area contributed by atoms with E-state index >= 15 is 0 Å². The van der Waals surface area contributed by atoms with E-state index in [9.17, 15) is 14.4 Å². The quantitative estimate of drug-likeness (QED) is 0.416. The molecule has 0 aliphatic carbocycles. The van der Waals surface area contributed by atoms with E-state index in [2.05, 4.69) is 24.5 Å². The van der Waals surface area contributed by atoms with Crippen molar-refractivity contribution in [3.63, 3.8) is 0 Å². The molecule has 0 bridgehead atoms. The van der Waals surface area contributed by atoms with Gasteiger partial charge < -0.3 is 20.1 Å². The molecule has 24 heavy (non-hydrogen) atoms. The van der Waals surface area contributed by atoms with Crippen LogP contribution in [-0.4, -0.2) is 61.2 Å². The number of rotatable bonds is 11. The second-order valence-corrected chi connectivity index (χ2v) is 6.82. The number of amides is 2. The number of nitrogens with one attached hydrogen (secondary N) is 2. The molecule has 1 saturated heterocycles. The van der Waals surface area contributed by atoms with Crippen molar-refractivity contribution in [3.05, 3.63) is 0 Å². The highest BCUT2D eigenvalue weighted by molar-refractivity contribution is 7.98. The highest BCUT2D eigenvalue weighted by Gasteiger charge is 2.52. The number of hydrogen-bond donors (Lipinski definition) is 2. The third-order valence-corrected chi connectivity index (χ3v) is 4.48. The van der Waals surface area contributed by atoms with Gasteiger partial charge in [-0.2, -0.15) is 11.8 Å². The fraction of sp³-hybridized carbons (Fsp3) is 0.812. The topological polar surface area (TPSA) is 97.0 Å². The zero-order valence-corrected chi connectivity index (χ0v) is 15.6. The standard InChI is InChI=1S/C16H28N2O5S/c1-5-10(3)9-17-14(19)11(7-8-24-4)18-15(20)12-13(23-12)16(21)22-6-2/h10-13H,5-9H2,1-4H3,(H,17,19)(H,18,20)/t10?,11-,12-,13-/m0/s1. The van der Waals surface area contributed by atoms with Crippen LogP contribution in [0.3, 0.4) is 0 Å². The Labute approximate surface area is 147 Å². The Morgan fingerprint density at radius 1 is 1.25 bits per heavy atom. The zero-order valence-electron chi connectivity index (χ0n) is 14.8. The highest BCUT2D eigenvalue weighted by Crippen LogP contribution is 2.23. The zero-order chi connectivity index (χ0) is 18.1. The molecule has 2 N–H and O–H groups in total. The van der Waals surface area contributed by atoms with E-state index in [-0.39, 0.29) is 12.5 Å². The number of esters is 1. The summed E-state index contributed by atoms with van der Waals surface area (Å²) in [5, 5.41) is 5.55. The van der Waals surface area contributed by atoms with Gasteiger partial charge in [0.1, 0.15) is 6.04 Å². The smallest absolute Gasteiger partial charge is 0.338 e. The molecule has 0 saturated carbocycles. The summed E-state index contributed by atoms with van der Waals surface area (Å²) < 4.78 is 9.88. The predicted molar refractivity (Wildman–Crippen MR) is 92.7 cm³/mol. The summed E-state index contributed by atoms with van der Waals surface area (Å²) in [7, 11) is 0. The number of carbonyl (C=O) groups excluding carboxylic acids is 3. The van der Waals surface area contributed by atoms with Gasteiger partial charge in [0.2, 0.25) is 5.91 Å². The van der Waals surface area contributed by atoms with E-state index in [1.807, 2.05) is 6.26 Å². The van der Waals surface area contributed by atoms with E-state index < -0.39 is 30.1 Å². The van der Waals surface area contributed by atoms with Gasteiger partial charge in [-0.15, -0.1) is 0 Å². The Hall–Kier alpha value is -1.28. The maximum absolute atomic E-state index is 12.3. The molecular formula is C16H28N2O5S. The third kappa shape index (κ3) is 6.68. The van der Waals surface area contributed by atoms with Crippen molar-refractivity contribution < 1.29 is 23.9 Å². The summed E-state index contributed by atoms with van der Waals surface area (Å²) in [5.41, 5.74) is 0. The van der Waals surface area contributed by atoms with Crippen LogP contribution in [0.15, 0.2) is 0 Å². The molecule has 0 aromatic rings. The normalized spacial score (nSPS) is 21.5. The maximum Gasteiger partial charge on any atom is 0.338 e. The lowest BCUT2D eigenvalue weighted by Crippen LogP contribution is -2.49. The lowest BCUT2D eigenvalue weighted by Gasteiger charge is -2.19.